The first-order valence-electron chi connectivity index (χ1n) is 8.98. The molecule has 0 unspecified atom stereocenters. The number of nitrogens with one attached hydrogen (secondary N) is 1. The fourth-order valence-corrected chi connectivity index (χ4v) is 2.99. The summed E-state index contributed by atoms with van der Waals surface area (Å²) in [7, 11) is 0. The van der Waals surface area contributed by atoms with E-state index in [1.165, 1.54) is 6.07 Å². The molecule has 26 heavy (non-hydrogen) atoms. The number of amides is 1. The average molecular weight is 370 g/mol. The zero-order valence-electron chi connectivity index (χ0n) is 15.9. The molecule has 0 aliphatic carbocycles. The van der Waals surface area contributed by atoms with Gasteiger partial charge >= 0.3 is 6.09 Å². The molecular formula is C19H28F2N2O3. The highest BCUT2D eigenvalue weighted by atomic mass is 19.2. The number of benzene rings is 1. The SMILES string of the molecule is CCOc1cc(F)c(F)cc1CN1CC[C@@H](CNC(=O)OC(C)(C)C)C1. The summed E-state index contributed by atoms with van der Waals surface area (Å²) in [6, 6.07) is 2.30. The molecule has 2 rings (SSSR count). The van der Waals surface area contributed by atoms with Crippen molar-refractivity contribution in [2.24, 2.45) is 5.92 Å². The van der Waals surface area contributed by atoms with Crippen LogP contribution in [0.3, 0.4) is 0 Å². The second kappa shape index (κ2) is 8.66. The van der Waals surface area contributed by atoms with Crippen LogP contribution in [-0.2, 0) is 11.3 Å². The minimum Gasteiger partial charge on any atom is -0.493 e. The van der Waals surface area contributed by atoms with Gasteiger partial charge in [0.05, 0.1) is 6.61 Å². The highest BCUT2D eigenvalue weighted by Crippen LogP contribution is 2.26. The van der Waals surface area contributed by atoms with E-state index in [1.54, 1.807) is 6.92 Å². The number of ether oxygens (including phenoxy) is 2. The van der Waals surface area contributed by atoms with Gasteiger partial charge in [-0.15, -0.1) is 0 Å². The number of alkyl carbamates (subject to hydrolysis) is 1. The molecule has 1 aliphatic heterocycles. The highest BCUT2D eigenvalue weighted by molar-refractivity contribution is 5.67. The van der Waals surface area contributed by atoms with Crippen LogP contribution in [0.4, 0.5) is 13.6 Å². The van der Waals surface area contributed by atoms with Crippen LogP contribution in [-0.4, -0.2) is 42.8 Å². The first kappa shape index (κ1) is 20.4. The van der Waals surface area contributed by atoms with Gasteiger partial charge in [-0.3, -0.25) is 4.90 Å². The van der Waals surface area contributed by atoms with Crippen molar-refractivity contribution in [1.82, 2.24) is 10.2 Å². The summed E-state index contributed by atoms with van der Waals surface area (Å²) in [6.07, 6.45) is 0.499. The number of rotatable bonds is 6. The standard InChI is InChI=1S/C19H28F2N2O3/c1-5-25-17-9-16(21)15(20)8-14(17)12-23-7-6-13(11-23)10-22-18(24)26-19(2,3)4/h8-9,13H,5-7,10-12H2,1-4H3,(H,22,24)/t13-/m0/s1. The number of nitrogens with zero attached hydrogens (tertiary/aromatic N) is 1. The maximum absolute atomic E-state index is 13.6. The molecule has 146 valence electrons. The van der Waals surface area contributed by atoms with Crippen molar-refractivity contribution < 1.29 is 23.0 Å². The lowest BCUT2D eigenvalue weighted by Gasteiger charge is -2.21. The van der Waals surface area contributed by atoms with Gasteiger partial charge in [0.2, 0.25) is 0 Å². The Morgan fingerprint density at radius 2 is 2.00 bits per heavy atom. The monoisotopic (exact) mass is 370 g/mol. The van der Waals surface area contributed by atoms with E-state index in [0.717, 1.165) is 25.6 Å². The topological polar surface area (TPSA) is 50.8 Å². The predicted molar refractivity (Wildman–Crippen MR) is 95.1 cm³/mol. The molecule has 1 aromatic rings. The van der Waals surface area contributed by atoms with Crippen molar-refractivity contribution in [3.8, 4) is 5.75 Å². The van der Waals surface area contributed by atoms with Crippen LogP contribution in [0.5, 0.6) is 5.75 Å². The largest absolute Gasteiger partial charge is 0.493 e. The predicted octanol–water partition coefficient (Wildman–Crippen LogP) is 3.71. The molecule has 0 radical (unpaired) electrons. The van der Waals surface area contributed by atoms with Gasteiger partial charge < -0.3 is 14.8 Å². The van der Waals surface area contributed by atoms with Gasteiger partial charge in [-0.25, -0.2) is 13.6 Å². The van der Waals surface area contributed by atoms with E-state index < -0.39 is 23.3 Å². The average Bonchev–Trinajstić information content (AvgIpc) is 2.96. The first-order valence-corrected chi connectivity index (χ1v) is 8.98. The Morgan fingerprint density at radius 3 is 2.65 bits per heavy atom. The number of likely N-dealkylation sites (tertiary alicyclic amines) is 1. The van der Waals surface area contributed by atoms with Gasteiger partial charge in [0, 0.05) is 31.3 Å². The molecule has 1 saturated heterocycles. The second-order valence-electron chi connectivity index (χ2n) is 7.58. The maximum atomic E-state index is 13.6. The van der Waals surface area contributed by atoms with E-state index in [4.69, 9.17) is 9.47 Å². The van der Waals surface area contributed by atoms with Crippen molar-refractivity contribution in [3.63, 3.8) is 0 Å². The molecule has 0 spiro atoms. The molecule has 1 N–H and O–H groups in total. The fraction of sp³-hybridized carbons (Fsp3) is 0.632. The Hall–Kier alpha value is -1.89. The molecular weight excluding hydrogens is 342 g/mol. The summed E-state index contributed by atoms with van der Waals surface area (Å²) in [5.41, 5.74) is 0.111. The third kappa shape index (κ3) is 6.12. The van der Waals surface area contributed by atoms with Crippen molar-refractivity contribution >= 4 is 6.09 Å². The number of carbonyl (C=O) groups excluding carboxylic acids is 1. The van der Waals surface area contributed by atoms with Crippen LogP contribution in [0.2, 0.25) is 0 Å². The molecule has 1 aliphatic rings. The van der Waals surface area contributed by atoms with Crippen molar-refractivity contribution in [3.05, 3.63) is 29.3 Å². The number of hydrogen-bond acceptors (Lipinski definition) is 4. The minimum absolute atomic E-state index is 0.295. The van der Waals surface area contributed by atoms with Gasteiger partial charge in [-0.05, 0) is 52.6 Å². The second-order valence-corrected chi connectivity index (χ2v) is 7.58. The molecule has 1 amide bonds. The lowest BCUT2D eigenvalue weighted by atomic mass is 10.1. The fourth-order valence-electron chi connectivity index (χ4n) is 2.99. The Bertz CT molecular complexity index is 632. The third-order valence-electron chi connectivity index (χ3n) is 4.10. The zero-order chi connectivity index (χ0) is 19.3. The van der Waals surface area contributed by atoms with Crippen molar-refractivity contribution in [1.29, 1.82) is 0 Å². The van der Waals surface area contributed by atoms with Crippen LogP contribution < -0.4 is 10.1 Å². The summed E-state index contributed by atoms with van der Waals surface area (Å²) >= 11 is 0. The van der Waals surface area contributed by atoms with Gasteiger partial charge in [-0.2, -0.15) is 0 Å². The summed E-state index contributed by atoms with van der Waals surface area (Å²) in [5.74, 6) is -1.10. The molecule has 1 heterocycles. The summed E-state index contributed by atoms with van der Waals surface area (Å²) in [6.45, 7) is 10.3. The molecule has 0 bridgehead atoms. The Kier molecular flexibility index (Phi) is 6.81. The van der Waals surface area contributed by atoms with Crippen LogP contribution in [0.25, 0.3) is 0 Å². The van der Waals surface area contributed by atoms with E-state index in [2.05, 4.69) is 10.2 Å². The van der Waals surface area contributed by atoms with Crippen molar-refractivity contribution in [2.75, 3.05) is 26.2 Å². The van der Waals surface area contributed by atoms with Gasteiger partial charge in [0.15, 0.2) is 11.6 Å². The van der Waals surface area contributed by atoms with E-state index in [9.17, 15) is 13.6 Å². The van der Waals surface area contributed by atoms with Crippen LogP contribution in [0, 0.1) is 17.6 Å². The molecule has 0 saturated carbocycles. The summed E-state index contributed by atoms with van der Waals surface area (Å²) < 4.78 is 37.7. The Morgan fingerprint density at radius 1 is 1.31 bits per heavy atom. The normalized spacial score (nSPS) is 18.0. The molecule has 5 nitrogen and oxygen atoms in total. The molecule has 7 heteroatoms. The van der Waals surface area contributed by atoms with E-state index in [0.29, 0.717) is 36.9 Å². The highest BCUT2D eigenvalue weighted by Gasteiger charge is 2.25. The number of hydrogen-bond donors (Lipinski definition) is 1. The smallest absolute Gasteiger partial charge is 0.407 e. The lowest BCUT2D eigenvalue weighted by Crippen LogP contribution is -2.36. The summed E-state index contributed by atoms with van der Waals surface area (Å²) in [4.78, 5) is 13.9. The number of halogens is 2. The van der Waals surface area contributed by atoms with Gasteiger partial charge in [-0.1, -0.05) is 0 Å². The molecule has 1 aromatic carbocycles. The Labute approximate surface area is 153 Å². The van der Waals surface area contributed by atoms with E-state index >= 15 is 0 Å². The lowest BCUT2D eigenvalue weighted by molar-refractivity contribution is 0.0519. The van der Waals surface area contributed by atoms with Crippen LogP contribution >= 0.6 is 0 Å². The van der Waals surface area contributed by atoms with Crippen LogP contribution in [0.1, 0.15) is 39.7 Å². The van der Waals surface area contributed by atoms with Gasteiger partial charge in [0.25, 0.3) is 0 Å². The third-order valence-corrected chi connectivity index (χ3v) is 4.10. The van der Waals surface area contributed by atoms with Crippen molar-refractivity contribution in [2.45, 2.75) is 46.3 Å². The quantitative estimate of drug-likeness (QED) is 0.829. The zero-order valence-corrected chi connectivity index (χ0v) is 15.9. The molecule has 1 atom stereocenters. The van der Waals surface area contributed by atoms with E-state index in [-0.39, 0.29) is 0 Å². The first-order chi connectivity index (χ1) is 12.2. The van der Waals surface area contributed by atoms with Crippen LogP contribution in [0.15, 0.2) is 12.1 Å². The number of carbonyl (C=O) groups is 1. The Balaban J connectivity index is 1.88. The molecule has 1 fully saturated rings. The maximum Gasteiger partial charge on any atom is 0.407 e. The van der Waals surface area contributed by atoms with E-state index in [1.807, 2.05) is 20.8 Å². The summed E-state index contributed by atoms with van der Waals surface area (Å²) in [5, 5.41) is 2.79. The molecule has 0 aromatic heterocycles. The minimum atomic E-state index is -0.905. The van der Waals surface area contributed by atoms with Gasteiger partial charge in [0.1, 0.15) is 11.4 Å².